The van der Waals surface area contributed by atoms with Crippen molar-refractivity contribution in [2.24, 2.45) is 17.8 Å². The number of halogens is 1. The zero-order valence-corrected chi connectivity index (χ0v) is 18.3. The fourth-order valence-corrected chi connectivity index (χ4v) is 8.23. The number of imide groups is 1. The summed E-state index contributed by atoms with van der Waals surface area (Å²) in [6, 6.07) is 6.80. The van der Waals surface area contributed by atoms with Crippen molar-refractivity contribution in [3.05, 3.63) is 29.3 Å². The number of hydrogen-bond acceptors (Lipinski definition) is 2. The van der Waals surface area contributed by atoms with Crippen LogP contribution < -0.4 is 14.7 Å². The summed E-state index contributed by atoms with van der Waals surface area (Å²) in [7, 11) is 0. The van der Waals surface area contributed by atoms with Gasteiger partial charge in [-0.15, -0.1) is 0 Å². The molecule has 5 nitrogen and oxygen atoms in total. The summed E-state index contributed by atoms with van der Waals surface area (Å²) in [5.41, 5.74) is 1.18. The lowest BCUT2D eigenvalue weighted by Crippen LogP contribution is -3.33. The van der Waals surface area contributed by atoms with E-state index in [1.165, 1.54) is 48.3 Å². The third kappa shape index (κ3) is 3.04. The summed E-state index contributed by atoms with van der Waals surface area (Å²) >= 11 is 5.97. The zero-order valence-electron chi connectivity index (χ0n) is 17.5. The Labute approximate surface area is 183 Å². The van der Waals surface area contributed by atoms with Crippen molar-refractivity contribution in [2.75, 3.05) is 31.1 Å². The van der Waals surface area contributed by atoms with Crippen molar-refractivity contribution in [1.29, 1.82) is 0 Å². The molecular weight excluding hydrogens is 398 g/mol. The van der Waals surface area contributed by atoms with Crippen LogP contribution in [-0.4, -0.2) is 49.6 Å². The van der Waals surface area contributed by atoms with Gasteiger partial charge in [0.05, 0.1) is 17.6 Å². The van der Waals surface area contributed by atoms with Gasteiger partial charge in [-0.3, -0.25) is 9.59 Å². The summed E-state index contributed by atoms with van der Waals surface area (Å²) < 4.78 is 0. The Bertz CT molecular complexity index is 826. The van der Waals surface area contributed by atoms with Gasteiger partial charge in [0, 0.05) is 24.3 Å². The highest BCUT2D eigenvalue weighted by Crippen LogP contribution is 2.54. The van der Waals surface area contributed by atoms with Crippen molar-refractivity contribution >= 4 is 29.1 Å². The highest BCUT2D eigenvalue weighted by atomic mass is 35.5. The van der Waals surface area contributed by atoms with Crippen LogP contribution in [0.25, 0.3) is 0 Å². The molecule has 160 valence electrons. The van der Waals surface area contributed by atoms with E-state index in [1.807, 2.05) is 4.90 Å². The number of nitrogens with zero attached hydrogens (tertiary/aromatic N) is 1. The van der Waals surface area contributed by atoms with E-state index in [9.17, 15) is 9.59 Å². The quantitative estimate of drug-likeness (QED) is 0.696. The molecule has 0 aromatic heterocycles. The summed E-state index contributed by atoms with van der Waals surface area (Å²) in [6.45, 7) is 4.32. The maximum Gasteiger partial charge on any atom is 0.292 e. The van der Waals surface area contributed by atoms with E-state index < -0.39 is 0 Å². The van der Waals surface area contributed by atoms with Gasteiger partial charge in [-0.1, -0.05) is 11.6 Å². The molecule has 0 unspecified atom stereocenters. The number of nitrogens with one attached hydrogen (secondary N) is 2. The number of carbonyl (C=O) groups is 2. The molecule has 7 rings (SSSR count). The number of hydrogen-bond donors (Lipinski definition) is 2. The standard InChI is InChI=1S/C24H30ClN3O2/c25-19-1-3-20(4-2-19)28-22(29)12-21(23(28)30)26-5-7-27(8-6-26)24-13-16-9-17(14-24)11-18(10-16)15-24/h1-4,16-18,21H,5-15H2/p+2/t16?,17?,18?,21-,24?/m1/s1. The SMILES string of the molecule is O=C1C[C@@H]([NH+]2CC[NH+](C34CC5CC(CC(C5)C3)C4)CC2)C(=O)N1c1ccc(Cl)cc1. The molecule has 2 N–H and O–H groups in total. The normalized spacial score (nSPS) is 42.9. The summed E-state index contributed by atoms with van der Waals surface area (Å²) in [6.07, 6.45) is 9.12. The molecule has 1 atom stereocenters. The predicted molar refractivity (Wildman–Crippen MR) is 115 cm³/mol. The first-order valence-electron chi connectivity index (χ1n) is 11.8. The maximum absolute atomic E-state index is 13.1. The number of benzene rings is 1. The molecule has 1 aromatic carbocycles. The number of amides is 2. The first kappa shape index (κ1) is 19.3. The molecule has 30 heavy (non-hydrogen) atoms. The van der Waals surface area contributed by atoms with Crippen molar-refractivity contribution in [3.8, 4) is 0 Å². The predicted octanol–water partition coefficient (Wildman–Crippen LogP) is 0.724. The number of carbonyl (C=O) groups excluding carboxylic acids is 2. The fraction of sp³-hybridized carbons (Fsp3) is 0.667. The van der Waals surface area contributed by atoms with E-state index in [0.29, 0.717) is 22.7 Å². The van der Waals surface area contributed by atoms with Crippen LogP contribution in [0.4, 0.5) is 5.69 Å². The van der Waals surface area contributed by atoms with E-state index in [2.05, 4.69) is 0 Å². The van der Waals surface area contributed by atoms with Gasteiger partial charge in [0.1, 0.15) is 26.2 Å². The lowest BCUT2D eigenvalue weighted by atomic mass is 9.52. The van der Waals surface area contributed by atoms with Crippen LogP contribution in [0.3, 0.4) is 0 Å². The van der Waals surface area contributed by atoms with Crippen molar-refractivity contribution in [2.45, 2.75) is 56.5 Å². The van der Waals surface area contributed by atoms with E-state index in [-0.39, 0.29) is 17.9 Å². The molecule has 6 fully saturated rings. The monoisotopic (exact) mass is 429 g/mol. The Morgan fingerprint density at radius 2 is 1.43 bits per heavy atom. The first-order valence-corrected chi connectivity index (χ1v) is 12.2. The molecule has 2 amide bonds. The smallest absolute Gasteiger partial charge is 0.292 e. The van der Waals surface area contributed by atoms with Gasteiger partial charge in [-0.05, 0) is 61.3 Å². The van der Waals surface area contributed by atoms with Crippen LogP contribution in [0, 0.1) is 17.8 Å². The van der Waals surface area contributed by atoms with Crippen molar-refractivity contribution in [3.63, 3.8) is 0 Å². The largest absolute Gasteiger partial charge is 0.321 e. The molecule has 2 saturated heterocycles. The molecule has 0 radical (unpaired) electrons. The van der Waals surface area contributed by atoms with Gasteiger partial charge in [-0.2, -0.15) is 0 Å². The lowest BCUT2D eigenvalue weighted by molar-refractivity contribution is -1.05. The number of quaternary nitrogens is 2. The van der Waals surface area contributed by atoms with Crippen LogP contribution in [0.2, 0.25) is 5.02 Å². The van der Waals surface area contributed by atoms with Crippen LogP contribution in [0.5, 0.6) is 0 Å². The highest BCUT2D eigenvalue weighted by Gasteiger charge is 2.57. The number of rotatable bonds is 3. The molecule has 4 bridgehead atoms. The molecule has 2 aliphatic heterocycles. The molecule has 4 saturated carbocycles. The summed E-state index contributed by atoms with van der Waals surface area (Å²) in [5, 5.41) is 0.615. The Kier molecular flexibility index (Phi) is 4.52. The molecule has 2 heterocycles. The maximum atomic E-state index is 13.1. The summed E-state index contributed by atoms with van der Waals surface area (Å²) in [5.74, 6) is 2.84. The topological polar surface area (TPSA) is 46.3 Å². The molecule has 1 aromatic rings. The van der Waals surface area contributed by atoms with E-state index >= 15 is 0 Å². The lowest BCUT2D eigenvalue weighted by Gasteiger charge is -2.58. The van der Waals surface area contributed by atoms with Gasteiger partial charge in [0.25, 0.3) is 5.91 Å². The molecular formula is C24H32ClN3O2+2. The van der Waals surface area contributed by atoms with Crippen molar-refractivity contribution < 1.29 is 19.4 Å². The van der Waals surface area contributed by atoms with Crippen molar-refractivity contribution in [1.82, 2.24) is 0 Å². The second kappa shape index (κ2) is 7.04. The average molecular weight is 430 g/mol. The molecule has 6 aliphatic rings. The van der Waals surface area contributed by atoms with Gasteiger partial charge in [0.2, 0.25) is 5.91 Å². The Balaban J connectivity index is 1.13. The fourth-order valence-electron chi connectivity index (χ4n) is 8.11. The van der Waals surface area contributed by atoms with E-state index in [4.69, 9.17) is 11.6 Å². The minimum atomic E-state index is -0.217. The van der Waals surface area contributed by atoms with E-state index in [1.54, 1.807) is 24.3 Å². The van der Waals surface area contributed by atoms with Gasteiger partial charge < -0.3 is 9.80 Å². The second-order valence-electron chi connectivity index (χ2n) is 10.8. The first-order chi connectivity index (χ1) is 14.5. The Morgan fingerprint density at radius 1 is 0.867 bits per heavy atom. The zero-order chi connectivity index (χ0) is 20.5. The Hall–Kier alpha value is -1.43. The second-order valence-corrected chi connectivity index (χ2v) is 11.2. The van der Waals surface area contributed by atoms with Gasteiger partial charge in [0.15, 0.2) is 6.04 Å². The number of anilines is 1. The minimum absolute atomic E-state index is 0.0319. The Morgan fingerprint density at radius 3 is 2.00 bits per heavy atom. The third-order valence-electron chi connectivity index (χ3n) is 9.01. The van der Waals surface area contributed by atoms with Crippen LogP contribution in [0.1, 0.15) is 44.9 Å². The molecule has 0 spiro atoms. The minimum Gasteiger partial charge on any atom is -0.321 e. The van der Waals surface area contributed by atoms with Crippen LogP contribution >= 0.6 is 11.6 Å². The van der Waals surface area contributed by atoms with Gasteiger partial charge >= 0.3 is 0 Å². The highest BCUT2D eigenvalue weighted by molar-refractivity contribution is 6.30. The number of piperazine rings is 1. The summed E-state index contributed by atoms with van der Waals surface area (Å²) in [4.78, 5) is 30.3. The van der Waals surface area contributed by atoms with E-state index in [0.717, 1.165) is 43.9 Å². The molecule has 4 aliphatic carbocycles. The van der Waals surface area contributed by atoms with Crippen LogP contribution in [0.15, 0.2) is 24.3 Å². The van der Waals surface area contributed by atoms with Gasteiger partial charge in [-0.25, -0.2) is 4.90 Å². The third-order valence-corrected chi connectivity index (χ3v) is 9.26. The molecule has 6 heteroatoms. The van der Waals surface area contributed by atoms with Crippen LogP contribution in [-0.2, 0) is 9.59 Å². The average Bonchev–Trinajstić information content (AvgIpc) is 3.02.